The van der Waals surface area contributed by atoms with Crippen molar-refractivity contribution in [3.63, 3.8) is 0 Å². The van der Waals surface area contributed by atoms with E-state index >= 15 is 0 Å². The second-order valence-corrected chi connectivity index (χ2v) is 7.99. The zero-order chi connectivity index (χ0) is 16.0. The minimum atomic E-state index is -0.885. The summed E-state index contributed by atoms with van der Waals surface area (Å²) in [6.07, 6.45) is 4.24. The number of alkyl halides is 2. The summed E-state index contributed by atoms with van der Waals surface area (Å²) in [5.41, 5.74) is 0.602. The number of piperazine rings is 1. The fraction of sp³-hybridized carbons (Fsp3) is 0.625. The van der Waals surface area contributed by atoms with E-state index in [4.69, 9.17) is 23.2 Å². The van der Waals surface area contributed by atoms with Crippen molar-refractivity contribution in [1.82, 2.24) is 14.8 Å². The van der Waals surface area contributed by atoms with Crippen molar-refractivity contribution in [2.45, 2.75) is 30.6 Å². The average Bonchev–Trinajstić information content (AvgIpc) is 3.06. The number of carbonyl (C=O) groups is 1. The second-order valence-electron chi connectivity index (χ2n) is 6.50. The SMILES string of the molecule is C[C@H](c1cccnc1)N1CCN(C(=O)[C@@]2(C)CC2(Cl)Cl)CC1. The maximum absolute atomic E-state index is 12.6. The molecule has 2 fully saturated rings. The summed E-state index contributed by atoms with van der Waals surface area (Å²) in [5.74, 6) is 0.0891. The standard InChI is InChI=1S/C16H21Cl2N3O/c1-12(13-4-3-5-19-10-13)20-6-8-21(9-7-20)14(22)15(2)11-16(15,17)18/h3-5,10,12H,6-9,11H2,1-2H3/t12-,15-/m1/s1. The molecule has 120 valence electrons. The Bertz CT molecular complexity index is 558. The van der Waals surface area contributed by atoms with Gasteiger partial charge in [0, 0.05) is 44.6 Å². The lowest BCUT2D eigenvalue weighted by atomic mass is 10.1. The maximum atomic E-state index is 12.6. The lowest BCUT2D eigenvalue weighted by Gasteiger charge is -2.39. The molecule has 1 aromatic rings. The van der Waals surface area contributed by atoms with E-state index in [9.17, 15) is 4.79 Å². The third kappa shape index (κ3) is 2.72. The molecule has 4 nitrogen and oxygen atoms in total. The average molecular weight is 342 g/mol. The van der Waals surface area contributed by atoms with Gasteiger partial charge in [0.2, 0.25) is 5.91 Å². The van der Waals surface area contributed by atoms with Crippen molar-refractivity contribution in [3.8, 4) is 0 Å². The molecule has 2 aliphatic rings. The van der Waals surface area contributed by atoms with Crippen LogP contribution in [0.2, 0.25) is 0 Å². The summed E-state index contributed by atoms with van der Waals surface area (Å²) < 4.78 is -0.885. The minimum absolute atomic E-state index is 0.0891. The highest BCUT2D eigenvalue weighted by atomic mass is 35.5. The lowest BCUT2D eigenvalue weighted by molar-refractivity contribution is -0.138. The zero-order valence-corrected chi connectivity index (χ0v) is 14.4. The van der Waals surface area contributed by atoms with Crippen LogP contribution in [0.3, 0.4) is 0 Å². The highest BCUT2D eigenvalue weighted by molar-refractivity contribution is 6.53. The summed E-state index contributed by atoms with van der Waals surface area (Å²) in [6.45, 7) is 7.20. The summed E-state index contributed by atoms with van der Waals surface area (Å²) in [4.78, 5) is 21.0. The van der Waals surface area contributed by atoms with E-state index in [1.165, 1.54) is 5.56 Å². The summed E-state index contributed by atoms with van der Waals surface area (Å²) in [7, 11) is 0. The Hall–Kier alpha value is -0.840. The Labute approximate surface area is 141 Å². The highest BCUT2D eigenvalue weighted by Crippen LogP contribution is 2.64. The summed E-state index contributed by atoms with van der Waals surface area (Å²) >= 11 is 12.2. The van der Waals surface area contributed by atoms with Gasteiger partial charge in [0.1, 0.15) is 4.33 Å². The van der Waals surface area contributed by atoms with E-state index in [2.05, 4.69) is 22.9 Å². The molecule has 3 rings (SSSR count). The van der Waals surface area contributed by atoms with Gasteiger partial charge in [-0.25, -0.2) is 0 Å². The molecule has 2 heterocycles. The summed E-state index contributed by atoms with van der Waals surface area (Å²) in [6, 6.07) is 4.36. The number of aromatic nitrogens is 1. The van der Waals surface area contributed by atoms with Gasteiger partial charge in [-0.15, -0.1) is 23.2 Å². The van der Waals surface area contributed by atoms with Crippen molar-refractivity contribution in [2.24, 2.45) is 5.41 Å². The Balaban J connectivity index is 1.58. The van der Waals surface area contributed by atoms with Gasteiger partial charge in [0.05, 0.1) is 5.41 Å². The molecule has 1 aliphatic carbocycles. The van der Waals surface area contributed by atoms with Crippen LogP contribution in [0.4, 0.5) is 0 Å². The van der Waals surface area contributed by atoms with E-state index in [1.807, 2.05) is 24.1 Å². The van der Waals surface area contributed by atoms with Gasteiger partial charge in [-0.3, -0.25) is 14.7 Å². The first-order valence-electron chi connectivity index (χ1n) is 7.66. The molecule has 1 amide bonds. The van der Waals surface area contributed by atoms with E-state index in [0.29, 0.717) is 12.5 Å². The van der Waals surface area contributed by atoms with Gasteiger partial charge < -0.3 is 4.90 Å². The molecule has 22 heavy (non-hydrogen) atoms. The molecule has 1 aliphatic heterocycles. The zero-order valence-electron chi connectivity index (χ0n) is 12.9. The lowest BCUT2D eigenvalue weighted by Crippen LogP contribution is -2.51. The molecular formula is C16H21Cl2N3O. The van der Waals surface area contributed by atoms with Crippen LogP contribution < -0.4 is 0 Å². The third-order valence-electron chi connectivity index (χ3n) is 5.05. The molecule has 0 aromatic carbocycles. The number of hydrogen-bond acceptors (Lipinski definition) is 3. The van der Waals surface area contributed by atoms with E-state index < -0.39 is 9.75 Å². The number of pyridine rings is 1. The monoisotopic (exact) mass is 341 g/mol. The molecule has 0 radical (unpaired) electrons. The number of nitrogens with zero attached hydrogens (tertiary/aromatic N) is 3. The Morgan fingerprint density at radius 3 is 2.45 bits per heavy atom. The van der Waals surface area contributed by atoms with Crippen LogP contribution in [0.25, 0.3) is 0 Å². The van der Waals surface area contributed by atoms with Crippen LogP contribution in [-0.4, -0.2) is 51.2 Å². The van der Waals surface area contributed by atoms with Crippen molar-refractivity contribution in [2.75, 3.05) is 26.2 Å². The quantitative estimate of drug-likeness (QED) is 0.793. The van der Waals surface area contributed by atoms with Crippen molar-refractivity contribution >= 4 is 29.1 Å². The van der Waals surface area contributed by atoms with Gasteiger partial charge >= 0.3 is 0 Å². The van der Waals surface area contributed by atoms with Crippen LogP contribution in [0, 0.1) is 5.41 Å². The Kier molecular flexibility index (Phi) is 4.12. The van der Waals surface area contributed by atoms with Gasteiger partial charge in [-0.2, -0.15) is 0 Å². The molecule has 0 bridgehead atoms. The normalized spacial score (nSPS) is 29.2. The van der Waals surface area contributed by atoms with Crippen LogP contribution in [0.1, 0.15) is 31.9 Å². The van der Waals surface area contributed by atoms with Crippen LogP contribution in [0.15, 0.2) is 24.5 Å². The van der Waals surface area contributed by atoms with E-state index in [0.717, 1.165) is 26.2 Å². The molecule has 1 saturated carbocycles. The highest BCUT2D eigenvalue weighted by Gasteiger charge is 2.68. The van der Waals surface area contributed by atoms with Crippen molar-refractivity contribution < 1.29 is 4.79 Å². The molecular weight excluding hydrogens is 321 g/mol. The first kappa shape index (κ1) is 16.0. The number of carbonyl (C=O) groups excluding carboxylic acids is 1. The fourth-order valence-corrected chi connectivity index (χ4v) is 3.82. The number of amides is 1. The van der Waals surface area contributed by atoms with Crippen molar-refractivity contribution in [1.29, 1.82) is 0 Å². The predicted molar refractivity (Wildman–Crippen MR) is 88.0 cm³/mol. The first-order valence-corrected chi connectivity index (χ1v) is 8.42. The van der Waals surface area contributed by atoms with Crippen LogP contribution >= 0.6 is 23.2 Å². The number of rotatable bonds is 3. The topological polar surface area (TPSA) is 36.4 Å². The van der Waals surface area contributed by atoms with Gasteiger partial charge in [-0.1, -0.05) is 6.07 Å². The van der Waals surface area contributed by atoms with E-state index in [-0.39, 0.29) is 5.91 Å². The molecule has 0 unspecified atom stereocenters. The van der Waals surface area contributed by atoms with Crippen LogP contribution in [-0.2, 0) is 4.79 Å². The van der Waals surface area contributed by atoms with Crippen LogP contribution in [0.5, 0.6) is 0 Å². The molecule has 1 aromatic heterocycles. The fourth-order valence-electron chi connectivity index (χ4n) is 3.13. The predicted octanol–water partition coefficient (Wildman–Crippen LogP) is 2.87. The maximum Gasteiger partial charge on any atom is 0.231 e. The Morgan fingerprint density at radius 1 is 1.32 bits per heavy atom. The molecule has 0 N–H and O–H groups in total. The number of hydrogen-bond donors (Lipinski definition) is 0. The van der Waals surface area contributed by atoms with Gasteiger partial charge in [-0.05, 0) is 31.9 Å². The van der Waals surface area contributed by atoms with Gasteiger partial charge in [0.15, 0.2) is 0 Å². The molecule has 2 atom stereocenters. The van der Waals surface area contributed by atoms with Gasteiger partial charge in [0.25, 0.3) is 0 Å². The largest absolute Gasteiger partial charge is 0.340 e. The first-order chi connectivity index (χ1) is 10.3. The Morgan fingerprint density at radius 2 is 1.95 bits per heavy atom. The van der Waals surface area contributed by atoms with Crippen molar-refractivity contribution in [3.05, 3.63) is 30.1 Å². The minimum Gasteiger partial charge on any atom is -0.340 e. The smallest absolute Gasteiger partial charge is 0.231 e. The second kappa shape index (κ2) is 5.66. The molecule has 6 heteroatoms. The third-order valence-corrected chi connectivity index (χ3v) is 6.15. The van der Waals surface area contributed by atoms with E-state index in [1.54, 1.807) is 6.20 Å². The number of halogens is 2. The molecule has 1 saturated heterocycles. The molecule has 0 spiro atoms. The summed E-state index contributed by atoms with van der Waals surface area (Å²) in [5, 5.41) is 0.